The average Bonchev–Trinajstić information content (AvgIpc) is 2.99. The number of aromatic nitrogens is 1. The van der Waals surface area contributed by atoms with Crippen LogP contribution in [0, 0.1) is 5.82 Å². The van der Waals surface area contributed by atoms with E-state index in [4.69, 9.17) is 0 Å². The van der Waals surface area contributed by atoms with Gasteiger partial charge in [-0.15, -0.1) is 0 Å². The molecule has 3 heteroatoms. The van der Waals surface area contributed by atoms with Crippen LogP contribution in [0.1, 0.15) is 28.4 Å². The molecule has 4 rings (SSSR count). The summed E-state index contributed by atoms with van der Waals surface area (Å²) in [5, 5.41) is 2.33. The maximum atomic E-state index is 13.0. The van der Waals surface area contributed by atoms with Gasteiger partial charge in [-0.2, -0.15) is 0 Å². The van der Waals surface area contributed by atoms with Crippen LogP contribution < -0.4 is 0 Å². The van der Waals surface area contributed by atoms with Crippen molar-refractivity contribution in [3.8, 4) is 0 Å². The molecule has 1 heterocycles. The van der Waals surface area contributed by atoms with E-state index in [1.54, 1.807) is 12.1 Å². The summed E-state index contributed by atoms with van der Waals surface area (Å²) in [7, 11) is 0. The zero-order valence-corrected chi connectivity index (χ0v) is 14.4. The first-order valence-corrected chi connectivity index (χ1v) is 8.64. The van der Waals surface area contributed by atoms with Crippen molar-refractivity contribution in [2.75, 3.05) is 0 Å². The van der Waals surface area contributed by atoms with Crippen LogP contribution >= 0.6 is 0 Å². The van der Waals surface area contributed by atoms with E-state index in [9.17, 15) is 9.18 Å². The Hall–Kier alpha value is -3.20. The Kier molecular flexibility index (Phi) is 4.13. The molecular weight excluding hydrogens is 325 g/mol. The number of carbonyl (C=O) groups is 1. The molecule has 0 fully saturated rings. The molecule has 3 aromatic carbocycles. The molecule has 0 saturated carbocycles. The van der Waals surface area contributed by atoms with Gasteiger partial charge in [0.2, 0.25) is 0 Å². The SMILES string of the molecule is CCn1c2cc(C=O)ccc2c2ccc(/C=C/c3ccc(F)cc3)cc21. The van der Waals surface area contributed by atoms with Gasteiger partial charge in [-0.25, -0.2) is 4.39 Å². The Morgan fingerprint density at radius 2 is 1.35 bits per heavy atom. The molecule has 0 bridgehead atoms. The predicted octanol–water partition coefficient (Wildman–Crippen LogP) is 5.94. The molecule has 2 nitrogen and oxygen atoms in total. The Morgan fingerprint density at radius 1 is 0.808 bits per heavy atom. The maximum absolute atomic E-state index is 13.0. The highest BCUT2D eigenvalue weighted by Gasteiger charge is 2.10. The fourth-order valence-corrected chi connectivity index (χ4v) is 3.41. The van der Waals surface area contributed by atoms with E-state index in [0.29, 0.717) is 5.56 Å². The fraction of sp³-hybridized carbons (Fsp3) is 0.0870. The van der Waals surface area contributed by atoms with Gasteiger partial charge in [0.15, 0.2) is 0 Å². The lowest BCUT2D eigenvalue weighted by atomic mass is 10.1. The van der Waals surface area contributed by atoms with Crippen molar-refractivity contribution in [3.05, 3.63) is 83.2 Å². The summed E-state index contributed by atoms with van der Waals surface area (Å²) in [6, 6.07) is 18.6. The second kappa shape index (κ2) is 6.60. The molecule has 0 aliphatic carbocycles. The maximum Gasteiger partial charge on any atom is 0.150 e. The van der Waals surface area contributed by atoms with Crippen molar-refractivity contribution in [2.45, 2.75) is 13.5 Å². The van der Waals surface area contributed by atoms with Crippen molar-refractivity contribution in [1.29, 1.82) is 0 Å². The molecular formula is C23H18FNO. The number of fused-ring (bicyclic) bond motifs is 3. The van der Waals surface area contributed by atoms with Crippen LogP contribution in [-0.2, 0) is 6.54 Å². The third kappa shape index (κ3) is 2.82. The first-order valence-electron chi connectivity index (χ1n) is 8.64. The molecule has 0 saturated heterocycles. The van der Waals surface area contributed by atoms with Crippen LogP contribution in [0.3, 0.4) is 0 Å². The van der Waals surface area contributed by atoms with Crippen LogP contribution in [0.5, 0.6) is 0 Å². The van der Waals surface area contributed by atoms with Crippen LogP contribution in [0.2, 0.25) is 0 Å². The van der Waals surface area contributed by atoms with E-state index in [1.165, 1.54) is 17.5 Å². The van der Waals surface area contributed by atoms with Gasteiger partial charge >= 0.3 is 0 Å². The normalized spacial score (nSPS) is 11.6. The summed E-state index contributed by atoms with van der Waals surface area (Å²) in [5.74, 6) is -0.231. The van der Waals surface area contributed by atoms with E-state index in [0.717, 1.165) is 40.4 Å². The molecule has 0 unspecified atom stereocenters. The summed E-state index contributed by atoms with van der Waals surface area (Å²) in [6.45, 7) is 2.93. The zero-order chi connectivity index (χ0) is 18.1. The highest BCUT2D eigenvalue weighted by Crippen LogP contribution is 2.30. The molecule has 0 amide bonds. The van der Waals surface area contributed by atoms with Gasteiger partial charge in [0, 0.05) is 33.9 Å². The van der Waals surface area contributed by atoms with E-state index in [-0.39, 0.29) is 5.82 Å². The third-order valence-electron chi connectivity index (χ3n) is 4.71. The second-order valence-corrected chi connectivity index (χ2v) is 6.30. The van der Waals surface area contributed by atoms with Gasteiger partial charge in [0.1, 0.15) is 12.1 Å². The van der Waals surface area contributed by atoms with Gasteiger partial charge < -0.3 is 4.57 Å². The van der Waals surface area contributed by atoms with Gasteiger partial charge in [0.25, 0.3) is 0 Å². The highest BCUT2D eigenvalue weighted by molar-refractivity contribution is 6.09. The predicted molar refractivity (Wildman–Crippen MR) is 106 cm³/mol. The van der Waals surface area contributed by atoms with Gasteiger partial charge in [0.05, 0.1) is 0 Å². The lowest BCUT2D eigenvalue weighted by molar-refractivity contribution is 0.112. The summed E-state index contributed by atoms with van der Waals surface area (Å²) in [6.07, 6.45) is 4.89. The average molecular weight is 343 g/mol. The van der Waals surface area contributed by atoms with E-state index in [2.05, 4.69) is 29.7 Å². The fourth-order valence-electron chi connectivity index (χ4n) is 3.41. The minimum absolute atomic E-state index is 0.231. The topological polar surface area (TPSA) is 22.0 Å². The summed E-state index contributed by atoms with van der Waals surface area (Å²) < 4.78 is 15.2. The number of aryl methyl sites for hydroxylation is 1. The molecule has 0 aliphatic rings. The number of aldehydes is 1. The molecule has 26 heavy (non-hydrogen) atoms. The number of benzene rings is 3. The first-order chi connectivity index (χ1) is 12.7. The standard InChI is InChI=1S/C23H18FNO/c1-2-25-22-13-17(4-3-16-5-9-19(24)10-6-16)7-11-20(22)21-12-8-18(15-26)14-23(21)25/h3-15H,2H2,1H3/b4-3+. The Balaban J connectivity index is 1.82. The quantitative estimate of drug-likeness (QED) is 0.332. The molecule has 0 spiro atoms. The zero-order valence-electron chi connectivity index (χ0n) is 14.4. The second-order valence-electron chi connectivity index (χ2n) is 6.30. The van der Waals surface area contributed by atoms with E-state index in [1.807, 2.05) is 30.4 Å². The third-order valence-corrected chi connectivity index (χ3v) is 4.71. The smallest absolute Gasteiger partial charge is 0.150 e. The highest BCUT2D eigenvalue weighted by atomic mass is 19.1. The lowest BCUT2D eigenvalue weighted by Crippen LogP contribution is -1.93. The number of rotatable bonds is 4. The van der Waals surface area contributed by atoms with Gasteiger partial charge in [-0.05, 0) is 42.3 Å². The molecule has 1 aromatic heterocycles. The van der Waals surface area contributed by atoms with E-state index >= 15 is 0 Å². The molecule has 4 aromatic rings. The number of halogens is 1. The van der Waals surface area contributed by atoms with Gasteiger partial charge in [-0.3, -0.25) is 4.79 Å². The number of hydrogen-bond acceptors (Lipinski definition) is 1. The Morgan fingerprint density at radius 3 is 1.96 bits per heavy atom. The van der Waals surface area contributed by atoms with E-state index < -0.39 is 0 Å². The lowest BCUT2D eigenvalue weighted by Gasteiger charge is -2.04. The van der Waals surface area contributed by atoms with Crippen molar-refractivity contribution in [2.24, 2.45) is 0 Å². The Labute approximate surface area is 151 Å². The number of nitrogens with zero attached hydrogens (tertiary/aromatic N) is 1. The summed E-state index contributed by atoms with van der Waals surface area (Å²) >= 11 is 0. The summed E-state index contributed by atoms with van der Waals surface area (Å²) in [5.41, 5.74) is 4.94. The largest absolute Gasteiger partial charge is 0.341 e. The van der Waals surface area contributed by atoms with Crippen molar-refractivity contribution >= 4 is 40.2 Å². The molecule has 0 radical (unpaired) electrons. The minimum Gasteiger partial charge on any atom is -0.341 e. The summed E-state index contributed by atoms with van der Waals surface area (Å²) in [4.78, 5) is 11.1. The molecule has 0 N–H and O–H groups in total. The van der Waals surface area contributed by atoms with Crippen molar-refractivity contribution in [1.82, 2.24) is 4.57 Å². The first kappa shape index (κ1) is 16.3. The molecule has 128 valence electrons. The molecule has 0 atom stereocenters. The van der Waals surface area contributed by atoms with Gasteiger partial charge in [-0.1, -0.05) is 48.6 Å². The van der Waals surface area contributed by atoms with Crippen LogP contribution in [0.15, 0.2) is 60.7 Å². The number of carbonyl (C=O) groups excluding carboxylic acids is 1. The monoisotopic (exact) mass is 343 g/mol. The van der Waals surface area contributed by atoms with Crippen molar-refractivity contribution < 1.29 is 9.18 Å². The van der Waals surface area contributed by atoms with Crippen LogP contribution in [0.25, 0.3) is 34.0 Å². The Bertz CT molecular complexity index is 1140. The number of hydrogen-bond donors (Lipinski definition) is 0. The minimum atomic E-state index is -0.231. The van der Waals surface area contributed by atoms with Crippen LogP contribution in [-0.4, -0.2) is 10.9 Å². The molecule has 0 aliphatic heterocycles. The van der Waals surface area contributed by atoms with Crippen molar-refractivity contribution in [3.63, 3.8) is 0 Å². The van der Waals surface area contributed by atoms with Crippen LogP contribution in [0.4, 0.5) is 4.39 Å².